The van der Waals surface area contributed by atoms with Crippen molar-refractivity contribution < 1.29 is 9.18 Å². The second-order valence-corrected chi connectivity index (χ2v) is 6.14. The SMILES string of the molecule is CN(C)c1ccc(NC(=O)c2ccc(NCc3ccccc3F)nn2)cc1. The summed E-state index contributed by atoms with van der Waals surface area (Å²) in [5.41, 5.74) is 2.44. The molecular weight excluding hydrogens is 345 g/mol. The number of hydrogen-bond acceptors (Lipinski definition) is 5. The van der Waals surface area contributed by atoms with Gasteiger partial charge in [0.15, 0.2) is 5.69 Å². The molecule has 0 aliphatic rings. The van der Waals surface area contributed by atoms with Crippen LogP contribution in [0.25, 0.3) is 0 Å². The van der Waals surface area contributed by atoms with Crippen LogP contribution < -0.4 is 15.5 Å². The summed E-state index contributed by atoms with van der Waals surface area (Å²) >= 11 is 0. The van der Waals surface area contributed by atoms with E-state index < -0.39 is 0 Å². The summed E-state index contributed by atoms with van der Waals surface area (Å²) in [6, 6.07) is 17.2. The highest BCUT2D eigenvalue weighted by atomic mass is 19.1. The maximum Gasteiger partial charge on any atom is 0.276 e. The van der Waals surface area contributed by atoms with E-state index in [9.17, 15) is 9.18 Å². The number of aromatic nitrogens is 2. The molecule has 27 heavy (non-hydrogen) atoms. The summed E-state index contributed by atoms with van der Waals surface area (Å²) in [4.78, 5) is 14.3. The number of carbonyl (C=O) groups excluding carboxylic acids is 1. The predicted octanol–water partition coefficient (Wildman–Crippen LogP) is 3.55. The number of carbonyl (C=O) groups is 1. The molecule has 0 radical (unpaired) electrons. The lowest BCUT2D eigenvalue weighted by Crippen LogP contribution is -2.15. The van der Waals surface area contributed by atoms with E-state index in [1.54, 1.807) is 30.3 Å². The fourth-order valence-corrected chi connectivity index (χ4v) is 2.41. The van der Waals surface area contributed by atoms with Crippen molar-refractivity contribution in [2.24, 2.45) is 0 Å². The van der Waals surface area contributed by atoms with Crippen LogP contribution in [0.4, 0.5) is 21.6 Å². The highest BCUT2D eigenvalue weighted by Crippen LogP contribution is 2.16. The lowest BCUT2D eigenvalue weighted by atomic mass is 10.2. The quantitative estimate of drug-likeness (QED) is 0.699. The molecule has 0 fully saturated rings. The van der Waals surface area contributed by atoms with Gasteiger partial charge in [0.1, 0.15) is 11.6 Å². The van der Waals surface area contributed by atoms with Crippen molar-refractivity contribution in [2.45, 2.75) is 6.54 Å². The first-order valence-corrected chi connectivity index (χ1v) is 8.42. The Morgan fingerprint density at radius 1 is 1.00 bits per heavy atom. The van der Waals surface area contributed by atoms with Gasteiger partial charge in [-0.25, -0.2) is 4.39 Å². The summed E-state index contributed by atoms with van der Waals surface area (Å²) < 4.78 is 13.6. The lowest BCUT2D eigenvalue weighted by molar-refractivity contribution is 0.102. The van der Waals surface area contributed by atoms with E-state index in [0.717, 1.165) is 5.69 Å². The first-order chi connectivity index (χ1) is 13.0. The van der Waals surface area contributed by atoms with E-state index in [-0.39, 0.29) is 24.0 Å². The first-order valence-electron chi connectivity index (χ1n) is 8.42. The highest BCUT2D eigenvalue weighted by molar-refractivity contribution is 6.02. The van der Waals surface area contributed by atoms with Crippen LogP contribution in [0.3, 0.4) is 0 Å². The zero-order chi connectivity index (χ0) is 19.2. The molecule has 2 aromatic carbocycles. The first kappa shape index (κ1) is 18.3. The third kappa shape index (κ3) is 4.78. The van der Waals surface area contributed by atoms with Crippen molar-refractivity contribution in [1.82, 2.24) is 10.2 Å². The fourth-order valence-electron chi connectivity index (χ4n) is 2.41. The van der Waals surface area contributed by atoms with E-state index in [1.807, 2.05) is 43.3 Å². The number of amides is 1. The Kier molecular flexibility index (Phi) is 5.61. The molecule has 1 aromatic heterocycles. The molecule has 1 heterocycles. The smallest absolute Gasteiger partial charge is 0.276 e. The van der Waals surface area contributed by atoms with E-state index in [1.165, 1.54) is 6.07 Å². The molecule has 0 aliphatic carbocycles. The summed E-state index contributed by atoms with van der Waals surface area (Å²) in [5.74, 6) is -0.167. The number of rotatable bonds is 6. The second-order valence-electron chi connectivity index (χ2n) is 6.14. The van der Waals surface area contributed by atoms with Crippen LogP contribution in [0, 0.1) is 5.82 Å². The van der Waals surface area contributed by atoms with E-state index in [2.05, 4.69) is 20.8 Å². The van der Waals surface area contributed by atoms with Crippen molar-refractivity contribution in [3.8, 4) is 0 Å². The van der Waals surface area contributed by atoms with Crippen molar-refractivity contribution in [2.75, 3.05) is 29.6 Å². The monoisotopic (exact) mass is 365 g/mol. The van der Waals surface area contributed by atoms with Crippen LogP contribution in [-0.4, -0.2) is 30.2 Å². The van der Waals surface area contributed by atoms with Crippen molar-refractivity contribution in [3.63, 3.8) is 0 Å². The third-order valence-electron chi connectivity index (χ3n) is 3.96. The topological polar surface area (TPSA) is 70.2 Å². The van der Waals surface area contributed by atoms with Crippen LogP contribution in [0.2, 0.25) is 0 Å². The minimum Gasteiger partial charge on any atom is -0.378 e. The number of halogens is 1. The molecule has 7 heteroatoms. The summed E-state index contributed by atoms with van der Waals surface area (Å²) in [6.45, 7) is 0.283. The molecule has 0 aliphatic heterocycles. The molecule has 0 saturated heterocycles. The van der Waals surface area contributed by atoms with E-state index in [4.69, 9.17) is 0 Å². The molecule has 1 amide bonds. The van der Waals surface area contributed by atoms with Gasteiger partial charge in [-0.2, -0.15) is 0 Å². The van der Waals surface area contributed by atoms with Gasteiger partial charge in [0.05, 0.1) is 0 Å². The van der Waals surface area contributed by atoms with Gasteiger partial charge < -0.3 is 15.5 Å². The van der Waals surface area contributed by atoms with Crippen LogP contribution in [0.15, 0.2) is 60.7 Å². The zero-order valence-corrected chi connectivity index (χ0v) is 15.1. The Bertz CT molecular complexity index is 910. The van der Waals surface area contributed by atoms with Gasteiger partial charge in [-0.05, 0) is 42.5 Å². The van der Waals surface area contributed by atoms with Crippen molar-refractivity contribution in [3.05, 3.63) is 77.7 Å². The van der Waals surface area contributed by atoms with Gasteiger partial charge >= 0.3 is 0 Å². The minimum atomic E-state index is -0.347. The molecule has 3 rings (SSSR count). The summed E-state index contributed by atoms with van der Waals surface area (Å²) in [6.07, 6.45) is 0. The maximum atomic E-state index is 13.6. The highest BCUT2D eigenvalue weighted by Gasteiger charge is 2.09. The molecule has 0 atom stereocenters. The Balaban J connectivity index is 1.59. The van der Waals surface area contributed by atoms with Crippen LogP contribution in [0.5, 0.6) is 0 Å². The van der Waals surface area contributed by atoms with Gasteiger partial charge in [-0.1, -0.05) is 18.2 Å². The largest absolute Gasteiger partial charge is 0.378 e. The predicted molar refractivity (Wildman–Crippen MR) is 104 cm³/mol. The van der Waals surface area contributed by atoms with Gasteiger partial charge in [-0.3, -0.25) is 4.79 Å². The van der Waals surface area contributed by atoms with Crippen LogP contribution in [-0.2, 0) is 6.54 Å². The molecule has 0 spiro atoms. The van der Waals surface area contributed by atoms with Crippen LogP contribution in [0.1, 0.15) is 16.1 Å². The average Bonchev–Trinajstić information content (AvgIpc) is 2.68. The summed E-state index contributed by atoms with van der Waals surface area (Å²) in [5, 5.41) is 13.7. The van der Waals surface area contributed by atoms with Gasteiger partial charge in [-0.15, -0.1) is 10.2 Å². The van der Waals surface area contributed by atoms with E-state index in [0.29, 0.717) is 17.1 Å². The number of benzene rings is 2. The third-order valence-corrected chi connectivity index (χ3v) is 3.96. The van der Waals surface area contributed by atoms with Gasteiger partial charge in [0.2, 0.25) is 0 Å². The molecular formula is C20H20FN5O. The molecule has 0 saturated carbocycles. The van der Waals surface area contributed by atoms with Gasteiger partial charge in [0, 0.05) is 37.6 Å². The Morgan fingerprint density at radius 2 is 1.74 bits per heavy atom. The molecule has 3 aromatic rings. The average molecular weight is 365 g/mol. The lowest BCUT2D eigenvalue weighted by Gasteiger charge is -2.13. The Hall–Kier alpha value is -3.48. The molecule has 2 N–H and O–H groups in total. The zero-order valence-electron chi connectivity index (χ0n) is 15.1. The number of nitrogens with one attached hydrogen (secondary N) is 2. The summed E-state index contributed by atoms with van der Waals surface area (Å²) in [7, 11) is 3.90. The Labute approximate surface area is 157 Å². The van der Waals surface area contributed by atoms with Gasteiger partial charge in [0.25, 0.3) is 5.91 Å². The second kappa shape index (κ2) is 8.27. The molecule has 0 unspecified atom stereocenters. The molecule has 0 bridgehead atoms. The minimum absolute atomic E-state index is 0.197. The number of anilines is 3. The van der Waals surface area contributed by atoms with E-state index >= 15 is 0 Å². The molecule has 138 valence electrons. The maximum absolute atomic E-state index is 13.6. The van der Waals surface area contributed by atoms with Crippen molar-refractivity contribution in [1.29, 1.82) is 0 Å². The fraction of sp³-hybridized carbons (Fsp3) is 0.150. The standard InChI is InChI=1S/C20H20FN5O/c1-26(2)16-9-7-15(8-10-16)23-20(27)18-11-12-19(25-24-18)22-13-14-5-3-4-6-17(14)21/h3-12H,13H2,1-2H3,(H,22,25)(H,23,27). The molecule has 6 nitrogen and oxygen atoms in total. The van der Waals surface area contributed by atoms with Crippen LogP contribution >= 0.6 is 0 Å². The van der Waals surface area contributed by atoms with Crippen molar-refractivity contribution >= 4 is 23.1 Å². The number of nitrogens with zero attached hydrogens (tertiary/aromatic N) is 3. The normalized spacial score (nSPS) is 10.3. The number of hydrogen-bond donors (Lipinski definition) is 2. The Morgan fingerprint density at radius 3 is 2.37 bits per heavy atom.